The molecule has 2 aromatic rings. The molecular formula is C15H20BrN3O. The maximum atomic E-state index is 5.23. The number of anilines is 2. The van der Waals surface area contributed by atoms with Crippen LogP contribution in [0.15, 0.2) is 28.9 Å². The molecule has 0 saturated heterocycles. The molecule has 20 heavy (non-hydrogen) atoms. The van der Waals surface area contributed by atoms with Crippen LogP contribution in [-0.2, 0) is 4.74 Å². The summed E-state index contributed by atoms with van der Waals surface area (Å²) < 4.78 is 8.39. The smallest absolute Gasteiger partial charge is 0.207 e. The van der Waals surface area contributed by atoms with Crippen molar-refractivity contribution in [3.8, 4) is 0 Å². The van der Waals surface area contributed by atoms with Crippen molar-refractivity contribution in [2.45, 2.75) is 26.8 Å². The first-order chi connectivity index (χ1) is 9.51. The molecule has 1 aromatic heterocycles. The third kappa shape index (κ3) is 3.41. The number of imidazole rings is 1. The largest absolute Gasteiger partial charge is 0.383 e. The quantitative estimate of drug-likeness (QED) is 0.887. The second kappa shape index (κ2) is 6.41. The number of ether oxygens (including phenoxy) is 1. The summed E-state index contributed by atoms with van der Waals surface area (Å²) >= 11 is 3.50. The molecule has 0 aliphatic heterocycles. The summed E-state index contributed by atoms with van der Waals surface area (Å²) in [6, 6.07) is 6.40. The molecule has 2 rings (SSSR count). The van der Waals surface area contributed by atoms with Crippen LogP contribution in [0.1, 0.15) is 24.2 Å². The van der Waals surface area contributed by atoms with E-state index in [9.17, 15) is 0 Å². The van der Waals surface area contributed by atoms with Gasteiger partial charge in [-0.2, -0.15) is 0 Å². The van der Waals surface area contributed by atoms with Gasteiger partial charge in [0, 0.05) is 23.5 Å². The fraction of sp³-hybridized carbons (Fsp3) is 0.400. The Morgan fingerprint density at radius 2 is 2.15 bits per heavy atom. The number of aromatic nitrogens is 2. The standard InChI is InChI=1S/C15H20BrN3O/c1-10-5-6-13(16)7-14(10)18-15-17-11(2)8-19(15)12(3)9-20-4/h5-8,12H,9H2,1-4H3,(H,17,18). The normalized spacial score (nSPS) is 12.4. The molecule has 0 fully saturated rings. The average Bonchev–Trinajstić information content (AvgIpc) is 2.75. The Morgan fingerprint density at radius 3 is 2.85 bits per heavy atom. The minimum absolute atomic E-state index is 0.233. The van der Waals surface area contributed by atoms with Gasteiger partial charge in [-0.25, -0.2) is 4.98 Å². The van der Waals surface area contributed by atoms with Gasteiger partial charge in [0.2, 0.25) is 5.95 Å². The first-order valence-corrected chi connectivity index (χ1v) is 7.38. The fourth-order valence-corrected chi connectivity index (χ4v) is 2.48. The minimum Gasteiger partial charge on any atom is -0.383 e. The number of benzene rings is 1. The highest BCUT2D eigenvalue weighted by Gasteiger charge is 2.12. The van der Waals surface area contributed by atoms with Crippen molar-refractivity contribution in [3.63, 3.8) is 0 Å². The van der Waals surface area contributed by atoms with Crippen LogP contribution in [0.3, 0.4) is 0 Å². The molecule has 108 valence electrons. The van der Waals surface area contributed by atoms with Crippen molar-refractivity contribution in [1.82, 2.24) is 9.55 Å². The topological polar surface area (TPSA) is 39.1 Å². The summed E-state index contributed by atoms with van der Waals surface area (Å²) in [5, 5.41) is 3.41. The summed E-state index contributed by atoms with van der Waals surface area (Å²) in [6.07, 6.45) is 2.04. The van der Waals surface area contributed by atoms with E-state index in [1.165, 1.54) is 5.56 Å². The maximum absolute atomic E-state index is 5.23. The predicted octanol–water partition coefficient (Wildman–Crippen LogP) is 4.21. The average molecular weight is 338 g/mol. The van der Waals surface area contributed by atoms with Crippen LogP contribution >= 0.6 is 15.9 Å². The zero-order valence-electron chi connectivity index (χ0n) is 12.3. The van der Waals surface area contributed by atoms with Gasteiger partial charge in [0.15, 0.2) is 0 Å². The molecule has 1 N–H and O–H groups in total. The maximum Gasteiger partial charge on any atom is 0.207 e. The second-order valence-electron chi connectivity index (χ2n) is 5.00. The Hall–Kier alpha value is -1.33. The van der Waals surface area contributed by atoms with E-state index in [0.29, 0.717) is 6.61 Å². The van der Waals surface area contributed by atoms with Crippen molar-refractivity contribution >= 4 is 27.6 Å². The second-order valence-corrected chi connectivity index (χ2v) is 5.92. The molecule has 0 amide bonds. The lowest BCUT2D eigenvalue weighted by Gasteiger charge is -2.17. The zero-order chi connectivity index (χ0) is 14.7. The van der Waals surface area contributed by atoms with Crippen LogP contribution in [0.4, 0.5) is 11.6 Å². The molecule has 1 heterocycles. The highest BCUT2D eigenvalue weighted by Crippen LogP contribution is 2.25. The van der Waals surface area contributed by atoms with Crippen molar-refractivity contribution < 1.29 is 4.74 Å². The highest BCUT2D eigenvalue weighted by atomic mass is 79.9. The van der Waals surface area contributed by atoms with Gasteiger partial charge in [-0.3, -0.25) is 0 Å². The molecule has 5 heteroatoms. The summed E-state index contributed by atoms with van der Waals surface area (Å²) in [4.78, 5) is 4.56. The molecular weight excluding hydrogens is 318 g/mol. The Kier molecular flexibility index (Phi) is 4.83. The van der Waals surface area contributed by atoms with Crippen LogP contribution in [-0.4, -0.2) is 23.3 Å². The highest BCUT2D eigenvalue weighted by molar-refractivity contribution is 9.10. The molecule has 0 bridgehead atoms. The van der Waals surface area contributed by atoms with Gasteiger partial charge in [-0.1, -0.05) is 22.0 Å². The third-order valence-corrected chi connectivity index (χ3v) is 3.67. The number of methoxy groups -OCH3 is 1. The van der Waals surface area contributed by atoms with Crippen LogP contribution in [0.5, 0.6) is 0 Å². The van der Waals surface area contributed by atoms with Gasteiger partial charge in [0.1, 0.15) is 0 Å². The predicted molar refractivity (Wildman–Crippen MR) is 85.7 cm³/mol. The van der Waals surface area contributed by atoms with Gasteiger partial charge in [-0.05, 0) is 38.5 Å². The first-order valence-electron chi connectivity index (χ1n) is 6.59. The van der Waals surface area contributed by atoms with Crippen molar-refractivity contribution in [2.75, 3.05) is 19.0 Å². The van der Waals surface area contributed by atoms with E-state index in [2.05, 4.69) is 56.8 Å². The van der Waals surface area contributed by atoms with E-state index in [0.717, 1.165) is 21.8 Å². The summed E-state index contributed by atoms with van der Waals surface area (Å²) in [7, 11) is 1.71. The molecule has 0 saturated carbocycles. The van der Waals surface area contributed by atoms with Gasteiger partial charge in [0.25, 0.3) is 0 Å². The van der Waals surface area contributed by atoms with Gasteiger partial charge in [0.05, 0.1) is 18.3 Å². The fourth-order valence-electron chi connectivity index (χ4n) is 2.12. The monoisotopic (exact) mass is 337 g/mol. The lowest BCUT2D eigenvalue weighted by atomic mass is 10.2. The minimum atomic E-state index is 0.233. The van der Waals surface area contributed by atoms with Crippen LogP contribution in [0.2, 0.25) is 0 Å². The molecule has 4 nitrogen and oxygen atoms in total. The molecule has 0 aliphatic carbocycles. The number of aryl methyl sites for hydroxylation is 2. The van der Waals surface area contributed by atoms with E-state index in [4.69, 9.17) is 4.74 Å². The Bertz CT molecular complexity index is 595. The molecule has 0 radical (unpaired) electrons. The number of rotatable bonds is 5. The van der Waals surface area contributed by atoms with E-state index in [1.807, 2.05) is 19.2 Å². The number of hydrogen-bond donors (Lipinski definition) is 1. The zero-order valence-corrected chi connectivity index (χ0v) is 13.9. The summed E-state index contributed by atoms with van der Waals surface area (Å²) in [6.45, 7) is 6.84. The van der Waals surface area contributed by atoms with E-state index >= 15 is 0 Å². The lowest BCUT2D eigenvalue weighted by molar-refractivity contribution is 0.163. The first kappa shape index (κ1) is 15.1. The van der Waals surface area contributed by atoms with Crippen LogP contribution in [0.25, 0.3) is 0 Å². The molecule has 1 unspecified atom stereocenters. The Morgan fingerprint density at radius 1 is 1.40 bits per heavy atom. The van der Waals surface area contributed by atoms with E-state index in [-0.39, 0.29) is 6.04 Å². The molecule has 1 atom stereocenters. The van der Waals surface area contributed by atoms with Gasteiger partial charge < -0.3 is 14.6 Å². The van der Waals surface area contributed by atoms with Crippen molar-refractivity contribution in [3.05, 3.63) is 40.1 Å². The third-order valence-electron chi connectivity index (χ3n) is 3.18. The molecule has 1 aromatic carbocycles. The number of nitrogens with zero attached hydrogens (tertiary/aromatic N) is 2. The Labute approximate surface area is 128 Å². The van der Waals surface area contributed by atoms with E-state index in [1.54, 1.807) is 7.11 Å². The Balaban J connectivity index is 2.31. The SMILES string of the molecule is COCC(C)n1cc(C)nc1Nc1cc(Br)ccc1C. The van der Waals surface area contributed by atoms with Gasteiger partial charge in [-0.15, -0.1) is 0 Å². The summed E-state index contributed by atoms with van der Waals surface area (Å²) in [5.74, 6) is 0.841. The van der Waals surface area contributed by atoms with Crippen LogP contribution in [0, 0.1) is 13.8 Å². The van der Waals surface area contributed by atoms with E-state index < -0.39 is 0 Å². The summed E-state index contributed by atoms with van der Waals surface area (Å²) in [5.41, 5.74) is 3.22. The number of hydrogen-bond acceptors (Lipinski definition) is 3. The van der Waals surface area contributed by atoms with Gasteiger partial charge >= 0.3 is 0 Å². The number of nitrogens with one attached hydrogen (secondary N) is 1. The molecule has 0 aliphatic rings. The van der Waals surface area contributed by atoms with Crippen LogP contribution < -0.4 is 5.32 Å². The number of halogens is 1. The van der Waals surface area contributed by atoms with Crippen molar-refractivity contribution in [1.29, 1.82) is 0 Å². The lowest BCUT2D eigenvalue weighted by Crippen LogP contribution is -2.13. The molecule has 0 spiro atoms. The van der Waals surface area contributed by atoms with Crippen molar-refractivity contribution in [2.24, 2.45) is 0 Å².